The van der Waals surface area contributed by atoms with Crippen LogP contribution < -0.4 is 10.5 Å². The molecule has 0 radical (unpaired) electrons. The Hall–Kier alpha value is -3.48. The molecule has 7 nitrogen and oxygen atoms in total. The van der Waals surface area contributed by atoms with E-state index in [2.05, 4.69) is 15.0 Å². The first-order valence-electron chi connectivity index (χ1n) is 10.1. The van der Waals surface area contributed by atoms with Gasteiger partial charge in [0.1, 0.15) is 5.75 Å². The molecule has 2 N–H and O–H groups in total. The quantitative estimate of drug-likeness (QED) is 0.704. The number of likely N-dealkylation sites (tertiary alicyclic amines) is 1. The average molecular weight is 403 g/mol. The SMILES string of the molecule is COc1cccc(CC(=O)N2CCCC(c3ccc(-c4cnc(N)nc4)cn3)C2)c1. The number of carbonyl (C=O) groups is 1. The summed E-state index contributed by atoms with van der Waals surface area (Å²) < 4.78 is 5.26. The molecule has 30 heavy (non-hydrogen) atoms. The lowest BCUT2D eigenvalue weighted by Crippen LogP contribution is -2.40. The lowest BCUT2D eigenvalue weighted by molar-refractivity contribution is -0.131. The van der Waals surface area contributed by atoms with Crippen molar-refractivity contribution in [2.45, 2.75) is 25.2 Å². The Kier molecular flexibility index (Phi) is 5.88. The molecule has 1 aliphatic rings. The zero-order chi connectivity index (χ0) is 20.9. The third kappa shape index (κ3) is 4.56. The highest BCUT2D eigenvalue weighted by Crippen LogP contribution is 2.27. The average Bonchev–Trinajstić information content (AvgIpc) is 2.80. The van der Waals surface area contributed by atoms with E-state index in [-0.39, 0.29) is 17.8 Å². The number of amides is 1. The molecule has 4 rings (SSSR count). The van der Waals surface area contributed by atoms with Crippen LogP contribution in [0, 0.1) is 0 Å². The van der Waals surface area contributed by atoms with Crippen molar-refractivity contribution in [3.05, 3.63) is 66.2 Å². The molecule has 1 unspecified atom stereocenters. The van der Waals surface area contributed by atoms with E-state index in [1.807, 2.05) is 47.5 Å². The summed E-state index contributed by atoms with van der Waals surface area (Å²) in [6.07, 6.45) is 7.61. The van der Waals surface area contributed by atoms with Gasteiger partial charge in [-0.3, -0.25) is 9.78 Å². The normalized spacial score (nSPS) is 16.3. The number of nitrogens with two attached hydrogens (primary N) is 1. The van der Waals surface area contributed by atoms with Crippen LogP contribution in [0.1, 0.15) is 30.0 Å². The molecule has 3 heterocycles. The van der Waals surface area contributed by atoms with Crippen molar-refractivity contribution in [1.82, 2.24) is 19.9 Å². The maximum absolute atomic E-state index is 12.9. The van der Waals surface area contributed by atoms with E-state index < -0.39 is 0 Å². The summed E-state index contributed by atoms with van der Waals surface area (Å²) >= 11 is 0. The highest BCUT2D eigenvalue weighted by molar-refractivity contribution is 5.79. The van der Waals surface area contributed by atoms with E-state index >= 15 is 0 Å². The Morgan fingerprint density at radius 2 is 1.93 bits per heavy atom. The van der Waals surface area contributed by atoms with Crippen LogP contribution in [0.25, 0.3) is 11.1 Å². The molecule has 1 saturated heterocycles. The second-order valence-corrected chi connectivity index (χ2v) is 7.51. The number of nitrogen functional groups attached to an aromatic ring is 1. The smallest absolute Gasteiger partial charge is 0.227 e. The highest BCUT2D eigenvalue weighted by atomic mass is 16.5. The maximum atomic E-state index is 12.9. The third-order valence-corrected chi connectivity index (χ3v) is 5.47. The molecule has 1 atom stereocenters. The molecule has 2 aromatic heterocycles. The molecule has 3 aromatic rings. The topological polar surface area (TPSA) is 94.2 Å². The van der Waals surface area contributed by atoms with Crippen molar-refractivity contribution in [3.63, 3.8) is 0 Å². The molecule has 7 heteroatoms. The number of methoxy groups -OCH3 is 1. The zero-order valence-electron chi connectivity index (χ0n) is 17.0. The van der Waals surface area contributed by atoms with Gasteiger partial charge in [-0.2, -0.15) is 0 Å². The largest absolute Gasteiger partial charge is 0.497 e. The number of ether oxygens (including phenoxy) is 1. The van der Waals surface area contributed by atoms with Crippen molar-refractivity contribution < 1.29 is 9.53 Å². The van der Waals surface area contributed by atoms with Gasteiger partial charge in [0.2, 0.25) is 11.9 Å². The fourth-order valence-electron chi connectivity index (χ4n) is 3.82. The summed E-state index contributed by atoms with van der Waals surface area (Å²) in [5.74, 6) is 1.41. The van der Waals surface area contributed by atoms with E-state index in [1.165, 1.54) is 0 Å². The molecule has 0 spiro atoms. The minimum Gasteiger partial charge on any atom is -0.497 e. The number of piperidine rings is 1. The van der Waals surface area contributed by atoms with E-state index in [4.69, 9.17) is 10.5 Å². The molecule has 0 bridgehead atoms. The van der Waals surface area contributed by atoms with Crippen LogP contribution in [0.5, 0.6) is 5.75 Å². The Balaban J connectivity index is 1.41. The van der Waals surface area contributed by atoms with E-state index in [0.717, 1.165) is 47.5 Å². The molecule has 0 saturated carbocycles. The number of pyridine rings is 1. The summed E-state index contributed by atoms with van der Waals surface area (Å²) in [5.41, 5.74) is 9.35. The van der Waals surface area contributed by atoms with Crippen LogP contribution in [0.15, 0.2) is 55.0 Å². The van der Waals surface area contributed by atoms with Crippen molar-refractivity contribution in [1.29, 1.82) is 0 Å². The van der Waals surface area contributed by atoms with Gasteiger partial charge in [-0.1, -0.05) is 18.2 Å². The first kappa shape index (κ1) is 19.8. The number of hydrogen-bond acceptors (Lipinski definition) is 6. The van der Waals surface area contributed by atoms with Gasteiger partial charge in [-0.05, 0) is 36.6 Å². The number of benzene rings is 1. The zero-order valence-corrected chi connectivity index (χ0v) is 17.0. The first-order chi connectivity index (χ1) is 14.6. The number of nitrogens with zero attached hydrogens (tertiary/aromatic N) is 4. The van der Waals surface area contributed by atoms with Crippen molar-refractivity contribution in [2.75, 3.05) is 25.9 Å². The lowest BCUT2D eigenvalue weighted by Gasteiger charge is -2.32. The number of rotatable bonds is 5. The second kappa shape index (κ2) is 8.90. The summed E-state index contributed by atoms with van der Waals surface area (Å²) in [4.78, 5) is 27.5. The number of carbonyl (C=O) groups excluding carboxylic acids is 1. The van der Waals surface area contributed by atoms with Gasteiger partial charge >= 0.3 is 0 Å². The summed E-state index contributed by atoms with van der Waals surface area (Å²) in [6, 6.07) is 11.7. The minimum absolute atomic E-state index is 0.142. The minimum atomic E-state index is 0.142. The van der Waals surface area contributed by atoms with Crippen LogP contribution in [-0.2, 0) is 11.2 Å². The number of hydrogen-bond donors (Lipinski definition) is 1. The van der Waals surface area contributed by atoms with Crippen molar-refractivity contribution in [3.8, 4) is 16.9 Å². The standard InChI is InChI=1S/C23H25N5O2/c1-30-20-6-2-4-16(10-20)11-22(29)28-9-3-5-18(15-28)21-8-7-17(12-25-21)19-13-26-23(24)27-14-19/h2,4,6-8,10,12-14,18H,3,5,9,11,15H2,1H3,(H2,24,26,27). The van der Waals surface area contributed by atoms with Gasteiger partial charge in [0.05, 0.1) is 13.5 Å². The Labute approximate surface area is 175 Å². The van der Waals surface area contributed by atoms with Gasteiger partial charge < -0.3 is 15.4 Å². The summed E-state index contributed by atoms with van der Waals surface area (Å²) in [6.45, 7) is 1.49. The van der Waals surface area contributed by atoms with Crippen molar-refractivity contribution in [2.24, 2.45) is 0 Å². The first-order valence-corrected chi connectivity index (χ1v) is 10.1. The molecular weight excluding hydrogens is 378 g/mol. The fourth-order valence-corrected chi connectivity index (χ4v) is 3.82. The van der Waals surface area contributed by atoms with E-state index in [0.29, 0.717) is 13.0 Å². The lowest BCUT2D eigenvalue weighted by atomic mass is 9.93. The fraction of sp³-hybridized carbons (Fsp3) is 0.304. The van der Waals surface area contributed by atoms with E-state index in [1.54, 1.807) is 19.5 Å². The highest BCUT2D eigenvalue weighted by Gasteiger charge is 2.25. The third-order valence-electron chi connectivity index (χ3n) is 5.47. The van der Waals surface area contributed by atoms with Gasteiger partial charge in [-0.25, -0.2) is 9.97 Å². The van der Waals surface area contributed by atoms with Gasteiger partial charge in [-0.15, -0.1) is 0 Å². The predicted octanol–water partition coefficient (Wildman–Crippen LogP) is 3.08. The van der Waals surface area contributed by atoms with Crippen LogP contribution in [0.2, 0.25) is 0 Å². The van der Waals surface area contributed by atoms with Gasteiger partial charge in [0, 0.05) is 54.4 Å². The molecule has 1 fully saturated rings. The van der Waals surface area contributed by atoms with Gasteiger partial charge in [0.15, 0.2) is 0 Å². The van der Waals surface area contributed by atoms with Crippen LogP contribution in [0.4, 0.5) is 5.95 Å². The summed E-state index contributed by atoms with van der Waals surface area (Å²) in [7, 11) is 1.63. The molecule has 0 aliphatic carbocycles. The van der Waals surface area contributed by atoms with Crippen molar-refractivity contribution >= 4 is 11.9 Å². The molecule has 1 aliphatic heterocycles. The summed E-state index contributed by atoms with van der Waals surface area (Å²) in [5, 5.41) is 0. The molecule has 1 amide bonds. The van der Waals surface area contributed by atoms with Gasteiger partial charge in [0.25, 0.3) is 0 Å². The van der Waals surface area contributed by atoms with Crippen LogP contribution in [-0.4, -0.2) is 46.0 Å². The number of aromatic nitrogens is 3. The van der Waals surface area contributed by atoms with E-state index in [9.17, 15) is 4.79 Å². The van der Waals surface area contributed by atoms with Crippen LogP contribution >= 0.6 is 0 Å². The number of anilines is 1. The second-order valence-electron chi connectivity index (χ2n) is 7.51. The molecular formula is C23H25N5O2. The Morgan fingerprint density at radius 3 is 2.67 bits per heavy atom. The predicted molar refractivity (Wildman–Crippen MR) is 115 cm³/mol. The Morgan fingerprint density at radius 1 is 1.13 bits per heavy atom. The maximum Gasteiger partial charge on any atom is 0.227 e. The van der Waals surface area contributed by atoms with Crippen LogP contribution in [0.3, 0.4) is 0 Å². The molecule has 1 aromatic carbocycles. The molecule has 154 valence electrons. The Bertz CT molecular complexity index is 1000. The monoisotopic (exact) mass is 403 g/mol.